The molecule has 0 saturated carbocycles. The molecule has 0 spiro atoms. The minimum Gasteiger partial charge on any atom is -0.492 e. The van der Waals surface area contributed by atoms with Gasteiger partial charge < -0.3 is 10.1 Å². The van der Waals surface area contributed by atoms with Crippen molar-refractivity contribution in [2.75, 3.05) is 23.7 Å². The third kappa shape index (κ3) is 5.64. The number of ether oxygens (including phenoxy) is 1. The molecule has 0 aliphatic heterocycles. The molecular weight excluding hydrogens is 376 g/mol. The molecule has 0 radical (unpaired) electrons. The van der Waals surface area contributed by atoms with Crippen molar-refractivity contribution in [1.29, 1.82) is 0 Å². The molecule has 6 nitrogen and oxygen atoms in total. The van der Waals surface area contributed by atoms with Crippen molar-refractivity contribution in [1.82, 2.24) is 5.32 Å². The largest absolute Gasteiger partial charge is 0.492 e. The fourth-order valence-corrected chi connectivity index (χ4v) is 3.71. The lowest BCUT2D eigenvalue weighted by Gasteiger charge is -2.28. The number of halogens is 1. The number of nitrogens with one attached hydrogen (secondary N) is 1. The first-order valence-electron chi connectivity index (χ1n) is 7.99. The average Bonchev–Trinajstić information content (AvgIpc) is 2.60. The third-order valence-corrected chi connectivity index (χ3v) is 5.08. The lowest BCUT2D eigenvalue weighted by Crippen LogP contribution is -2.48. The molecule has 2 aromatic rings. The topological polar surface area (TPSA) is 75.7 Å². The first kappa shape index (κ1) is 20.1. The van der Waals surface area contributed by atoms with Gasteiger partial charge in [0.1, 0.15) is 18.4 Å². The van der Waals surface area contributed by atoms with Crippen molar-refractivity contribution in [3.05, 3.63) is 59.6 Å². The van der Waals surface area contributed by atoms with E-state index in [2.05, 4.69) is 5.32 Å². The van der Waals surface area contributed by atoms with Gasteiger partial charge in [-0.2, -0.15) is 0 Å². The molecule has 0 aromatic heterocycles. The summed E-state index contributed by atoms with van der Waals surface area (Å²) >= 11 is 5.80. The lowest BCUT2D eigenvalue weighted by atomic mass is 10.2. The number of carbonyl (C=O) groups is 1. The Kier molecular flexibility index (Phi) is 6.88. The van der Waals surface area contributed by atoms with Crippen molar-refractivity contribution in [2.45, 2.75) is 13.0 Å². The fraction of sp³-hybridized carbons (Fsp3) is 0.278. The van der Waals surface area contributed by atoms with Gasteiger partial charge >= 0.3 is 0 Å². The Hall–Kier alpha value is -2.25. The zero-order valence-electron chi connectivity index (χ0n) is 14.6. The average molecular weight is 397 g/mol. The number of para-hydroxylation sites is 1. The van der Waals surface area contributed by atoms with Crippen molar-refractivity contribution in [2.24, 2.45) is 0 Å². The second-order valence-corrected chi connectivity index (χ2v) is 7.96. The van der Waals surface area contributed by atoms with E-state index in [1.54, 1.807) is 61.5 Å². The molecule has 0 bridgehead atoms. The molecule has 0 heterocycles. The highest BCUT2D eigenvalue weighted by Crippen LogP contribution is 2.20. The van der Waals surface area contributed by atoms with Crippen molar-refractivity contribution in [3.63, 3.8) is 0 Å². The van der Waals surface area contributed by atoms with Crippen LogP contribution in [0.15, 0.2) is 54.6 Å². The van der Waals surface area contributed by atoms with Crippen LogP contribution in [-0.4, -0.2) is 39.8 Å². The van der Waals surface area contributed by atoms with Gasteiger partial charge in [-0.25, -0.2) is 8.42 Å². The molecule has 1 atom stereocenters. The van der Waals surface area contributed by atoms with Crippen LogP contribution >= 0.6 is 11.6 Å². The number of carbonyl (C=O) groups excluding carboxylic acids is 1. The van der Waals surface area contributed by atoms with E-state index in [9.17, 15) is 13.2 Å². The van der Waals surface area contributed by atoms with Gasteiger partial charge in [-0.15, -0.1) is 0 Å². The van der Waals surface area contributed by atoms with E-state index < -0.39 is 22.0 Å². The maximum atomic E-state index is 12.4. The van der Waals surface area contributed by atoms with Crippen molar-refractivity contribution < 1.29 is 17.9 Å². The Bertz CT molecular complexity index is 826. The van der Waals surface area contributed by atoms with Gasteiger partial charge in [0.05, 0.1) is 18.5 Å². The first-order valence-corrected chi connectivity index (χ1v) is 10.2. The highest BCUT2D eigenvalue weighted by Gasteiger charge is 2.28. The van der Waals surface area contributed by atoms with Crippen LogP contribution in [0.3, 0.4) is 0 Å². The first-order chi connectivity index (χ1) is 12.3. The van der Waals surface area contributed by atoms with Crippen LogP contribution in [0.25, 0.3) is 0 Å². The van der Waals surface area contributed by atoms with Crippen LogP contribution in [0.5, 0.6) is 5.75 Å². The monoisotopic (exact) mass is 396 g/mol. The Balaban J connectivity index is 1.93. The van der Waals surface area contributed by atoms with Gasteiger partial charge in [0.15, 0.2) is 0 Å². The molecule has 1 N–H and O–H groups in total. The summed E-state index contributed by atoms with van der Waals surface area (Å²) in [6.45, 7) is 2.05. The molecule has 26 heavy (non-hydrogen) atoms. The second kappa shape index (κ2) is 8.91. The summed E-state index contributed by atoms with van der Waals surface area (Å²) in [5.74, 6) is 0.234. The number of benzene rings is 2. The van der Waals surface area contributed by atoms with Crippen molar-refractivity contribution in [3.8, 4) is 5.75 Å². The highest BCUT2D eigenvalue weighted by molar-refractivity contribution is 7.92. The SMILES string of the molecule is C[C@@H](C(=O)NCCOc1ccc(Cl)cc1)N(c1ccccc1)S(C)(=O)=O. The van der Waals surface area contributed by atoms with Gasteiger partial charge in [-0.05, 0) is 43.3 Å². The van der Waals surface area contributed by atoms with E-state index >= 15 is 0 Å². The van der Waals surface area contributed by atoms with Gasteiger partial charge in [-0.3, -0.25) is 9.10 Å². The lowest BCUT2D eigenvalue weighted by molar-refractivity contribution is -0.121. The molecule has 8 heteroatoms. The summed E-state index contributed by atoms with van der Waals surface area (Å²) in [6, 6.07) is 14.5. The summed E-state index contributed by atoms with van der Waals surface area (Å²) in [5.41, 5.74) is 0.440. The van der Waals surface area contributed by atoms with E-state index in [1.807, 2.05) is 0 Å². The Morgan fingerprint density at radius 1 is 1.15 bits per heavy atom. The Morgan fingerprint density at radius 3 is 2.35 bits per heavy atom. The molecule has 2 rings (SSSR count). The summed E-state index contributed by atoms with van der Waals surface area (Å²) < 4.78 is 30.9. The van der Waals surface area contributed by atoms with Crippen LogP contribution in [-0.2, 0) is 14.8 Å². The van der Waals surface area contributed by atoms with Gasteiger partial charge in [0.25, 0.3) is 0 Å². The summed E-state index contributed by atoms with van der Waals surface area (Å²) in [4.78, 5) is 12.4. The van der Waals surface area contributed by atoms with Crippen molar-refractivity contribution >= 4 is 33.2 Å². The predicted octanol–water partition coefficient (Wildman–Crippen LogP) is 2.69. The third-order valence-electron chi connectivity index (χ3n) is 3.58. The van der Waals surface area contributed by atoms with E-state index in [0.717, 1.165) is 10.6 Å². The smallest absolute Gasteiger partial charge is 0.243 e. The minimum atomic E-state index is -3.61. The van der Waals surface area contributed by atoms with Gasteiger partial charge in [-0.1, -0.05) is 29.8 Å². The van der Waals surface area contributed by atoms with E-state index in [4.69, 9.17) is 16.3 Å². The number of hydrogen-bond donors (Lipinski definition) is 1. The predicted molar refractivity (Wildman–Crippen MR) is 103 cm³/mol. The normalized spacial score (nSPS) is 12.3. The van der Waals surface area contributed by atoms with Gasteiger partial charge in [0.2, 0.25) is 15.9 Å². The number of hydrogen-bond acceptors (Lipinski definition) is 4. The summed E-state index contributed by atoms with van der Waals surface area (Å²) in [7, 11) is -3.61. The van der Waals surface area contributed by atoms with Crippen LogP contribution in [0, 0.1) is 0 Å². The second-order valence-electron chi connectivity index (χ2n) is 5.66. The molecular formula is C18H21ClN2O4S. The van der Waals surface area contributed by atoms with Crippen LogP contribution < -0.4 is 14.4 Å². The highest BCUT2D eigenvalue weighted by atomic mass is 35.5. The maximum absolute atomic E-state index is 12.4. The number of anilines is 1. The summed E-state index contributed by atoms with van der Waals surface area (Å²) in [5, 5.41) is 3.30. The standard InChI is InChI=1S/C18H21ClN2O4S/c1-14(21(26(2,23)24)16-6-4-3-5-7-16)18(22)20-12-13-25-17-10-8-15(19)9-11-17/h3-11,14H,12-13H2,1-2H3,(H,20,22)/t14-/m0/s1. The number of amides is 1. The Labute approximate surface area is 158 Å². The number of rotatable bonds is 8. The molecule has 0 unspecified atom stereocenters. The van der Waals surface area contributed by atoms with Crippen LogP contribution in [0.4, 0.5) is 5.69 Å². The number of nitrogens with zero attached hydrogens (tertiary/aromatic N) is 1. The van der Waals surface area contributed by atoms with Crippen LogP contribution in [0.1, 0.15) is 6.92 Å². The van der Waals surface area contributed by atoms with E-state index in [-0.39, 0.29) is 13.2 Å². The maximum Gasteiger partial charge on any atom is 0.243 e. The zero-order valence-corrected chi connectivity index (χ0v) is 16.1. The molecule has 1 amide bonds. The van der Waals surface area contributed by atoms with Gasteiger partial charge in [0, 0.05) is 5.02 Å². The molecule has 0 aliphatic carbocycles. The fourth-order valence-electron chi connectivity index (χ4n) is 2.41. The Morgan fingerprint density at radius 2 is 1.77 bits per heavy atom. The molecule has 2 aromatic carbocycles. The molecule has 0 saturated heterocycles. The molecule has 0 aliphatic rings. The van der Waals surface area contributed by atoms with E-state index in [1.165, 1.54) is 0 Å². The van der Waals surface area contributed by atoms with Crippen LogP contribution in [0.2, 0.25) is 5.02 Å². The number of sulfonamides is 1. The molecule has 140 valence electrons. The zero-order chi connectivity index (χ0) is 19.2. The minimum absolute atomic E-state index is 0.248. The summed E-state index contributed by atoms with van der Waals surface area (Å²) in [6.07, 6.45) is 1.08. The van der Waals surface area contributed by atoms with E-state index in [0.29, 0.717) is 16.5 Å². The quantitative estimate of drug-likeness (QED) is 0.696. The molecule has 0 fully saturated rings.